The molecule has 1 aliphatic rings. The van der Waals surface area contributed by atoms with E-state index in [-0.39, 0.29) is 86.1 Å². The van der Waals surface area contributed by atoms with E-state index in [1.54, 1.807) is 74.7 Å². The summed E-state index contributed by atoms with van der Waals surface area (Å²) in [5.74, 6) is -3.16. The van der Waals surface area contributed by atoms with Crippen molar-refractivity contribution in [2.45, 2.75) is 177 Å². The van der Waals surface area contributed by atoms with Crippen LogP contribution in [0.25, 0.3) is 0 Å². The number of thiazole rings is 1. The van der Waals surface area contributed by atoms with Crippen LogP contribution in [0, 0.1) is 23.7 Å². The average molecular weight is 1220 g/mol. The van der Waals surface area contributed by atoms with E-state index in [9.17, 15) is 33.6 Å². The fraction of sp³-hybridized carbons (Fsp3) is 0.619. The molecule has 1 aliphatic heterocycles. The van der Waals surface area contributed by atoms with Gasteiger partial charge in [0.05, 0.1) is 31.4 Å². The molecule has 1 aromatic heterocycles. The molecule has 0 radical (unpaired) electrons. The van der Waals surface area contributed by atoms with E-state index in [2.05, 4.69) is 15.7 Å². The number of hydrazone groups is 1. The van der Waals surface area contributed by atoms with Crippen molar-refractivity contribution in [1.82, 2.24) is 35.3 Å². The van der Waals surface area contributed by atoms with Crippen LogP contribution in [0.15, 0.2) is 59.0 Å². The molecule has 1 saturated heterocycles. The molecule has 476 valence electrons. The molecule has 3 N–H and O–H groups in total. The first kappa shape index (κ1) is 71.5. The number of likely N-dealkylation sites (N-methyl/N-ethyl adjacent to an activating group) is 3. The summed E-state index contributed by atoms with van der Waals surface area (Å²) in [4.78, 5) is 116. The van der Waals surface area contributed by atoms with Crippen molar-refractivity contribution in [2.24, 2.45) is 28.8 Å². The van der Waals surface area contributed by atoms with Crippen LogP contribution in [0.4, 0.5) is 4.79 Å². The van der Waals surface area contributed by atoms with Gasteiger partial charge in [-0.3, -0.25) is 43.4 Å². The molecular weight excluding hydrogens is 1120 g/mol. The Kier molecular flexibility index (Phi) is 28.6. The Morgan fingerprint density at radius 3 is 2.12 bits per heavy atom. The van der Waals surface area contributed by atoms with Gasteiger partial charge in [0.1, 0.15) is 40.4 Å². The summed E-state index contributed by atoms with van der Waals surface area (Å²) < 4.78 is 28.4. The Balaban J connectivity index is 1.45. The van der Waals surface area contributed by atoms with Gasteiger partial charge in [-0.15, -0.1) is 11.3 Å². The molecule has 2 aromatic carbocycles. The van der Waals surface area contributed by atoms with Crippen molar-refractivity contribution in [3.63, 3.8) is 0 Å². The minimum absolute atomic E-state index is 0.00303. The van der Waals surface area contributed by atoms with E-state index in [1.165, 1.54) is 35.8 Å². The first-order valence-corrected chi connectivity index (χ1v) is 30.7. The smallest absolute Gasteiger partial charge is 0.415 e. The minimum atomic E-state index is -1.38. The van der Waals surface area contributed by atoms with Crippen LogP contribution in [-0.2, 0) is 49.4 Å². The normalized spacial score (nSPS) is 15.7. The number of esters is 2. The molecule has 22 nitrogen and oxygen atoms in total. The van der Waals surface area contributed by atoms with Crippen LogP contribution in [0.2, 0.25) is 0 Å². The van der Waals surface area contributed by atoms with Gasteiger partial charge in [0.25, 0.3) is 11.8 Å². The topological polar surface area (TPSA) is 265 Å². The van der Waals surface area contributed by atoms with E-state index in [1.807, 2.05) is 67.3 Å². The van der Waals surface area contributed by atoms with Gasteiger partial charge in [0, 0.05) is 51.3 Å². The number of carbonyl (C=O) groups excluding carboxylic acids is 7. The quantitative estimate of drug-likeness (QED) is 0.0169. The molecule has 6 unspecified atom stereocenters. The number of nitrogens with one attached hydrogen (secondary N) is 2. The maximum atomic E-state index is 15.0. The van der Waals surface area contributed by atoms with Crippen molar-refractivity contribution in [1.29, 1.82) is 0 Å². The third-order valence-electron chi connectivity index (χ3n) is 15.2. The molecule has 23 heteroatoms. The number of aliphatic carboxylic acids is 1. The van der Waals surface area contributed by atoms with E-state index in [0.29, 0.717) is 42.2 Å². The van der Waals surface area contributed by atoms with Crippen molar-refractivity contribution in [3.05, 3.63) is 75.7 Å². The minimum Gasteiger partial charge on any atom is -0.491 e. The summed E-state index contributed by atoms with van der Waals surface area (Å²) in [5, 5.41) is 22.5. The molecule has 86 heavy (non-hydrogen) atoms. The Hall–Kier alpha value is -6.98. The zero-order chi connectivity index (χ0) is 64.0. The summed E-state index contributed by atoms with van der Waals surface area (Å²) in [5.41, 5.74) is 0.830. The highest BCUT2D eigenvalue weighted by molar-refractivity contribution is 7.09. The molecule has 0 saturated carbocycles. The predicted octanol–water partition coefficient (Wildman–Crippen LogP) is 8.90. The standard InChI is InChI=1S/C63H94N8O14S/c1-16-42(8)56(66-58(77)51-19-17-18-29-68(51)13)60(78)71(38-83-55(75)34-40(4)5)52(41(6)7)36-53(84-44(10)72)59-65-50(37-86-59)57(76)64-47(33-39(2)3)35-45-20-24-49(25-21-45)85-62(80)69(14)63(11,12)61(79)70(15)67-43(9)46-22-26-48(27-23-46)82-32-31-81-30-28-54(73)74/h20-27,37,39-42,47,51-53,56H,16-19,28-36,38H2,1-15H3,(H,64,76)(H,66,77)(H,73,74)/b67-43+. The molecule has 0 bridgehead atoms. The average Bonchev–Trinajstić information content (AvgIpc) is 2.03. The third-order valence-corrected chi connectivity index (χ3v) is 16.1. The van der Waals surface area contributed by atoms with E-state index < -0.39 is 78.2 Å². The lowest BCUT2D eigenvalue weighted by molar-refractivity contribution is -0.161. The van der Waals surface area contributed by atoms with Crippen molar-refractivity contribution < 1.29 is 67.1 Å². The van der Waals surface area contributed by atoms with Crippen LogP contribution in [-0.4, -0.2) is 167 Å². The number of rotatable bonds is 33. The maximum Gasteiger partial charge on any atom is 0.415 e. The lowest BCUT2D eigenvalue weighted by atomic mass is 9.92. The molecule has 4 rings (SSSR count). The molecular formula is C63H94N8O14S. The van der Waals surface area contributed by atoms with E-state index >= 15 is 4.79 Å². The maximum absolute atomic E-state index is 15.0. The lowest BCUT2D eigenvalue weighted by Gasteiger charge is -2.39. The zero-order valence-electron chi connectivity index (χ0n) is 53.1. The fourth-order valence-electron chi connectivity index (χ4n) is 9.83. The van der Waals surface area contributed by atoms with Gasteiger partial charge in [-0.1, -0.05) is 80.4 Å². The number of benzene rings is 2. The van der Waals surface area contributed by atoms with Gasteiger partial charge in [0.2, 0.25) is 11.8 Å². The number of amides is 5. The highest BCUT2D eigenvalue weighted by atomic mass is 32.1. The molecule has 1 fully saturated rings. The number of hydrogen-bond acceptors (Lipinski definition) is 17. The Bertz CT molecular complexity index is 2750. The second-order valence-electron chi connectivity index (χ2n) is 23.9. The number of carboxylic acids is 1. The fourth-order valence-corrected chi connectivity index (χ4v) is 10.7. The number of ether oxygens (including phenoxy) is 5. The monoisotopic (exact) mass is 1220 g/mol. The number of aromatic nitrogens is 1. The first-order chi connectivity index (χ1) is 40.5. The van der Waals surface area contributed by atoms with Crippen LogP contribution in [0.3, 0.4) is 0 Å². The predicted molar refractivity (Wildman–Crippen MR) is 327 cm³/mol. The van der Waals surface area contributed by atoms with Crippen LogP contribution in [0.5, 0.6) is 11.5 Å². The summed E-state index contributed by atoms with van der Waals surface area (Å²) in [6.07, 6.45) is 2.45. The molecule has 0 spiro atoms. The van der Waals surface area contributed by atoms with Crippen molar-refractivity contribution in [3.8, 4) is 11.5 Å². The number of carboxylic acid groups (broad SMARTS) is 1. The first-order valence-electron chi connectivity index (χ1n) is 29.8. The van der Waals surface area contributed by atoms with Gasteiger partial charge >= 0.3 is 24.0 Å². The number of piperidine rings is 1. The summed E-state index contributed by atoms with van der Waals surface area (Å²) in [7, 11) is 4.88. The van der Waals surface area contributed by atoms with E-state index in [0.717, 1.165) is 41.9 Å². The van der Waals surface area contributed by atoms with Gasteiger partial charge in [-0.25, -0.2) is 14.8 Å². The highest BCUT2D eigenvalue weighted by Crippen LogP contribution is 2.32. The summed E-state index contributed by atoms with van der Waals surface area (Å²) >= 11 is 1.14. The molecule has 3 aromatic rings. The van der Waals surface area contributed by atoms with Crippen LogP contribution >= 0.6 is 11.3 Å². The number of carbonyl (C=O) groups is 8. The van der Waals surface area contributed by atoms with Crippen LogP contribution in [0.1, 0.15) is 167 Å². The zero-order valence-corrected chi connectivity index (χ0v) is 54.0. The number of likely N-dealkylation sites (tertiary alicyclic amines) is 1. The molecule has 0 aliphatic carbocycles. The molecule has 6 atom stereocenters. The Morgan fingerprint density at radius 1 is 0.860 bits per heavy atom. The van der Waals surface area contributed by atoms with Crippen molar-refractivity contribution >= 4 is 64.7 Å². The van der Waals surface area contributed by atoms with Gasteiger partial charge in [-0.05, 0) is 131 Å². The largest absolute Gasteiger partial charge is 0.491 e. The van der Waals surface area contributed by atoms with Crippen LogP contribution < -0.4 is 20.1 Å². The highest BCUT2D eigenvalue weighted by Gasteiger charge is 2.41. The second kappa shape index (κ2) is 34.4. The van der Waals surface area contributed by atoms with Gasteiger partial charge in [0.15, 0.2) is 12.8 Å². The van der Waals surface area contributed by atoms with Crippen molar-refractivity contribution in [2.75, 3.05) is 54.2 Å². The Labute approximate surface area is 512 Å². The molecule has 5 amide bonds. The third kappa shape index (κ3) is 22.4. The second-order valence-corrected chi connectivity index (χ2v) is 24.8. The van der Waals surface area contributed by atoms with Gasteiger partial charge < -0.3 is 44.3 Å². The number of hydrogen-bond donors (Lipinski definition) is 3. The Morgan fingerprint density at radius 2 is 1.52 bits per heavy atom. The molecule has 2 heterocycles. The summed E-state index contributed by atoms with van der Waals surface area (Å²) in [6, 6.07) is 11.6. The van der Waals surface area contributed by atoms with E-state index in [4.69, 9.17) is 33.8 Å². The summed E-state index contributed by atoms with van der Waals surface area (Å²) in [6.45, 7) is 22.7. The number of nitrogens with zero attached hydrogens (tertiary/aromatic N) is 6. The van der Waals surface area contributed by atoms with Gasteiger partial charge in [-0.2, -0.15) is 5.10 Å². The SMILES string of the molecule is CCC(C)C(NC(=O)C1CCCCN1C)C(=O)N(COC(=O)CC(C)C)C(CC(OC(C)=O)c1nc(C(=O)NC(Cc2ccc(OC(=O)N(C)C(C)(C)C(=O)N(C)/N=C(\C)c3ccc(OCCOCCC(=O)O)cc3)cc2)CC(C)C)cs1)C(C)C. The lowest BCUT2D eigenvalue weighted by Crippen LogP contribution is -2.59.